The van der Waals surface area contributed by atoms with E-state index in [9.17, 15) is 31.9 Å². The lowest BCUT2D eigenvalue weighted by Gasteiger charge is -2.24. The zero-order valence-electron chi connectivity index (χ0n) is 11.8. The number of rotatable bonds is 5. The minimum absolute atomic E-state index is 0.453. The van der Waals surface area contributed by atoms with Crippen molar-refractivity contribution in [2.24, 2.45) is 0 Å². The number of carbonyl (C=O) groups excluding carboxylic acids is 3. The van der Waals surface area contributed by atoms with E-state index in [0.717, 1.165) is 14.2 Å². The molecule has 0 spiro atoms. The van der Waals surface area contributed by atoms with Gasteiger partial charge in [0.25, 0.3) is 0 Å². The summed E-state index contributed by atoms with van der Waals surface area (Å²) in [6.07, 6.45) is 0. The molecule has 0 unspecified atom stereocenters. The summed E-state index contributed by atoms with van der Waals surface area (Å²) in [4.78, 5) is 33.8. The average molecular weight is 343 g/mol. The Kier molecular flexibility index (Phi) is 4.92. The normalized spacial score (nSPS) is 11.8. The number of esters is 3. The van der Waals surface area contributed by atoms with Crippen LogP contribution < -0.4 is 0 Å². The van der Waals surface area contributed by atoms with Crippen molar-refractivity contribution in [2.45, 2.75) is 12.0 Å². The number of carbonyl (C=O) groups is 3. The number of aromatic nitrogens is 3. The predicted molar refractivity (Wildman–Crippen MR) is 59.9 cm³/mol. The van der Waals surface area contributed by atoms with Crippen LogP contribution in [0.4, 0.5) is 17.6 Å². The van der Waals surface area contributed by atoms with Crippen molar-refractivity contribution >= 4 is 17.9 Å². The molecule has 0 atom stereocenters. The fourth-order valence-electron chi connectivity index (χ4n) is 1.38. The first-order chi connectivity index (χ1) is 10.6. The van der Waals surface area contributed by atoms with E-state index >= 15 is 0 Å². The van der Waals surface area contributed by atoms with Crippen LogP contribution in [0.25, 0.3) is 0 Å². The number of methoxy groups -OCH3 is 3. The lowest BCUT2D eigenvalue weighted by atomic mass is 10.2. The Balaban J connectivity index is 3.59. The van der Waals surface area contributed by atoms with Crippen LogP contribution in [0.2, 0.25) is 0 Å². The van der Waals surface area contributed by atoms with Crippen LogP contribution in [0.1, 0.15) is 21.0 Å². The molecule has 0 N–H and O–H groups in total. The molecule has 1 aromatic heterocycles. The monoisotopic (exact) mass is 343 g/mol. The molecule has 23 heavy (non-hydrogen) atoms. The van der Waals surface area contributed by atoms with Gasteiger partial charge in [-0.1, -0.05) is 5.21 Å². The van der Waals surface area contributed by atoms with E-state index < -0.39 is 45.9 Å². The van der Waals surface area contributed by atoms with Gasteiger partial charge in [-0.15, -0.1) is 5.10 Å². The number of ether oxygens (including phenoxy) is 3. The molecule has 0 bridgehead atoms. The molecule has 128 valence electrons. The SMILES string of the molecule is COC(=O)c1nnn(C(F)(F)C(F)(F)C(=O)OC)c1C(=O)OC. The lowest BCUT2D eigenvalue weighted by Crippen LogP contribution is -2.51. The summed E-state index contributed by atoms with van der Waals surface area (Å²) in [5.41, 5.74) is -2.52. The molecule has 0 fully saturated rings. The zero-order chi connectivity index (χ0) is 18.0. The standard InChI is InChI=1S/C10H9F4N3O6/c1-21-6(18)4-5(7(19)22-2)17(16-15-4)10(13,14)9(11,12)8(20)23-3/h1-3H3. The van der Waals surface area contributed by atoms with E-state index in [-0.39, 0.29) is 0 Å². The first-order valence-corrected chi connectivity index (χ1v) is 5.53. The quantitative estimate of drug-likeness (QED) is 0.424. The van der Waals surface area contributed by atoms with Gasteiger partial charge in [0.2, 0.25) is 5.69 Å². The van der Waals surface area contributed by atoms with Crippen LogP contribution in [-0.2, 0) is 25.1 Å². The summed E-state index contributed by atoms with van der Waals surface area (Å²) in [6.45, 7) is 0. The molecule has 1 aromatic rings. The Morgan fingerprint density at radius 3 is 1.91 bits per heavy atom. The van der Waals surface area contributed by atoms with Gasteiger partial charge < -0.3 is 14.2 Å². The van der Waals surface area contributed by atoms with Gasteiger partial charge in [0, 0.05) is 0 Å². The molecule has 0 saturated heterocycles. The predicted octanol–water partition coefficient (Wildman–Crippen LogP) is 0.209. The third-order valence-corrected chi connectivity index (χ3v) is 2.51. The van der Waals surface area contributed by atoms with Crippen LogP contribution >= 0.6 is 0 Å². The van der Waals surface area contributed by atoms with Crippen molar-refractivity contribution in [1.29, 1.82) is 0 Å². The second-order valence-electron chi connectivity index (χ2n) is 3.79. The number of nitrogens with zero attached hydrogens (tertiary/aromatic N) is 3. The van der Waals surface area contributed by atoms with E-state index in [1.165, 1.54) is 0 Å². The molecule has 0 aliphatic carbocycles. The molecule has 0 amide bonds. The summed E-state index contributed by atoms with van der Waals surface area (Å²) >= 11 is 0. The first kappa shape index (κ1) is 18.3. The highest BCUT2D eigenvalue weighted by atomic mass is 19.3. The van der Waals surface area contributed by atoms with Crippen LogP contribution in [0.15, 0.2) is 0 Å². The molecule has 1 heterocycles. The smallest absolute Gasteiger partial charge is 0.426 e. The second kappa shape index (κ2) is 6.18. The van der Waals surface area contributed by atoms with Gasteiger partial charge in [0.15, 0.2) is 5.69 Å². The fourth-order valence-corrected chi connectivity index (χ4v) is 1.38. The summed E-state index contributed by atoms with van der Waals surface area (Å²) in [7, 11) is 2.01. The van der Waals surface area contributed by atoms with Crippen molar-refractivity contribution in [3.8, 4) is 0 Å². The Bertz CT molecular complexity index is 645. The van der Waals surface area contributed by atoms with E-state index in [4.69, 9.17) is 0 Å². The summed E-state index contributed by atoms with van der Waals surface area (Å²) in [5, 5.41) is 5.53. The third kappa shape index (κ3) is 2.80. The molecular weight excluding hydrogens is 334 g/mol. The van der Waals surface area contributed by atoms with Gasteiger partial charge in [-0.2, -0.15) is 22.2 Å². The first-order valence-electron chi connectivity index (χ1n) is 5.53. The van der Waals surface area contributed by atoms with Gasteiger partial charge in [-0.05, 0) is 0 Å². The minimum Gasteiger partial charge on any atom is -0.464 e. The van der Waals surface area contributed by atoms with E-state index in [2.05, 4.69) is 24.5 Å². The van der Waals surface area contributed by atoms with Crippen molar-refractivity contribution in [1.82, 2.24) is 15.0 Å². The largest absolute Gasteiger partial charge is 0.464 e. The fraction of sp³-hybridized carbons (Fsp3) is 0.500. The highest BCUT2D eigenvalue weighted by Gasteiger charge is 2.67. The Hall–Kier alpha value is -2.73. The molecule has 0 aliphatic heterocycles. The highest BCUT2D eigenvalue weighted by Crippen LogP contribution is 2.40. The molecular formula is C10H9F4N3O6. The zero-order valence-corrected chi connectivity index (χ0v) is 11.8. The molecule has 0 radical (unpaired) electrons. The molecule has 0 aromatic carbocycles. The summed E-state index contributed by atoms with van der Waals surface area (Å²) in [6, 6.07) is -5.39. The van der Waals surface area contributed by atoms with Crippen LogP contribution in [0, 0.1) is 0 Å². The van der Waals surface area contributed by atoms with Gasteiger partial charge in [0.1, 0.15) is 0 Å². The van der Waals surface area contributed by atoms with Crippen LogP contribution in [0.3, 0.4) is 0 Å². The number of hydrogen-bond donors (Lipinski definition) is 0. The molecule has 0 saturated carbocycles. The minimum atomic E-state index is -5.41. The van der Waals surface area contributed by atoms with Crippen LogP contribution in [0.5, 0.6) is 0 Å². The number of halogens is 4. The highest BCUT2D eigenvalue weighted by molar-refractivity contribution is 6.00. The van der Waals surface area contributed by atoms with E-state index in [1.807, 2.05) is 0 Å². The van der Waals surface area contributed by atoms with Crippen LogP contribution in [-0.4, -0.2) is 60.2 Å². The van der Waals surface area contributed by atoms with Crippen molar-refractivity contribution < 1.29 is 46.2 Å². The Morgan fingerprint density at radius 2 is 1.48 bits per heavy atom. The van der Waals surface area contributed by atoms with Crippen molar-refractivity contribution in [3.63, 3.8) is 0 Å². The molecule has 9 nitrogen and oxygen atoms in total. The maximum absolute atomic E-state index is 14.0. The number of alkyl halides is 4. The summed E-state index contributed by atoms with van der Waals surface area (Å²) in [5.74, 6) is -11.0. The Morgan fingerprint density at radius 1 is 0.957 bits per heavy atom. The number of hydrogen-bond acceptors (Lipinski definition) is 8. The van der Waals surface area contributed by atoms with Gasteiger partial charge >= 0.3 is 29.9 Å². The maximum Gasteiger partial charge on any atom is 0.426 e. The third-order valence-electron chi connectivity index (χ3n) is 2.51. The molecule has 1 rings (SSSR count). The van der Waals surface area contributed by atoms with Gasteiger partial charge in [-0.25, -0.2) is 14.4 Å². The van der Waals surface area contributed by atoms with Gasteiger partial charge in [0.05, 0.1) is 21.3 Å². The topological polar surface area (TPSA) is 110 Å². The van der Waals surface area contributed by atoms with Crippen molar-refractivity contribution in [3.05, 3.63) is 11.4 Å². The van der Waals surface area contributed by atoms with E-state index in [0.29, 0.717) is 7.11 Å². The summed E-state index contributed by atoms with van der Waals surface area (Å²) < 4.78 is 66.0. The molecule has 0 aliphatic rings. The van der Waals surface area contributed by atoms with Crippen molar-refractivity contribution in [2.75, 3.05) is 21.3 Å². The second-order valence-corrected chi connectivity index (χ2v) is 3.79. The molecule has 13 heteroatoms. The average Bonchev–Trinajstić information content (AvgIpc) is 2.97. The maximum atomic E-state index is 14.0. The Labute approximate surface area is 125 Å². The van der Waals surface area contributed by atoms with E-state index in [1.54, 1.807) is 0 Å². The lowest BCUT2D eigenvalue weighted by molar-refractivity contribution is -0.266. The van der Waals surface area contributed by atoms with Gasteiger partial charge in [-0.3, -0.25) is 0 Å².